The largest absolute Gasteiger partial charge is 0.378 e. The lowest BCUT2D eigenvalue weighted by Gasteiger charge is -2.12. The molecular weight excluding hydrogens is 332 g/mol. The Morgan fingerprint density at radius 1 is 1.04 bits per heavy atom. The molecule has 0 aliphatic carbocycles. The van der Waals surface area contributed by atoms with Crippen LogP contribution in [-0.2, 0) is 20.8 Å². The van der Waals surface area contributed by atoms with E-state index in [4.69, 9.17) is 9.47 Å². The minimum atomic E-state index is -0.105. The van der Waals surface area contributed by atoms with Crippen molar-refractivity contribution in [1.29, 1.82) is 0 Å². The van der Waals surface area contributed by atoms with E-state index in [0.717, 1.165) is 50.9 Å². The van der Waals surface area contributed by atoms with Crippen LogP contribution in [0.5, 0.6) is 0 Å². The maximum atomic E-state index is 12.3. The quantitative estimate of drug-likeness (QED) is 0.745. The number of amides is 2. The molecule has 0 radical (unpaired) electrons. The number of hydrogen-bond donors (Lipinski definition) is 2. The molecule has 0 bridgehead atoms. The molecule has 2 atom stereocenters. The number of benzene rings is 1. The lowest BCUT2D eigenvalue weighted by molar-refractivity contribution is -0.121. The fourth-order valence-corrected chi connectivity index (χ4v) is 3.39. The molecule has 26 heavy (non-hydrogen) atoms. The number of hydrogen-bond acceptors (Lipinski definition) is 4. The van der Waals surface area contributed by atoms with Gasteiger partial charge in [-0.3, -0.25) is 9.59 Å². The fraction of sp³-hybridized carbons (Fsp3) is 0.600. The molecule has 2 N–H and O–H groups in total. The van der Waals surface area contributed by atoms with E-state index in [9.17, 15) is 9.59 Å². The summed E-state index contributed by atoms with van der Waals surface area (Å²) in [5.74, 6) is -0.0826. The topological polar surface area (TPSA) is 76.7 Å². The second-order valence-corrected chi connectivity index (χ2v) is 7.00. The van der Waals surface area contributed by atoms with Crippen molar-refractivity contribution in [2.75, 3.05) is 19.8 Å². The van der Waals surface area contributed by atoms with Crippen LogP contribution in [0.15, 0.2) is 24.3 Å². The zero-order valence-electron chi connectivity index (χ0n) is 15.2. The zero-order valence-corrected chi connectivity index (χ0v) is 15.2. The molecule has 0 saturated carbocycles. The SMILES string of the molecule is O=C(CCC1CCCO1)NCc1cccc(C(=O)NCC2CCCO2)c1. The molecule has 6 nitrogen and oxygen atoms in total. The molecule has 0 aromatic heterocycles. The third-order valence-corrected chi connectivity index (χ3v) is 4.91. The molecule has 2 aliphatic heterocycles. The van der Waals surface area contributed by atoms with Crippen molar-refractivity contribution in [2.45, 2.75) is 57.3 Å². The van der Waals surface area contributed by atoms with Gasteiger partial charge in [0, 0.05) is 38.3 Å². The van der Waals surface area contributed by atoms with Gasteiger partial charge in [0.2, 0.25) is 5.91 Å². The Morgan fingerprint density at radius 3 is 2.54 bits per heavy atom. The Balaban J connectivity index is 1.41. The third-order valence-electron chi connectivity index (χ3n) is 4.91. The highest BCUT2D eigenvalue weighted by Gasteiger charge is 2.18. The van der Waals surface area contributed by atoms with E-state index in [0.29, 0.717) is 25.1 Å². The molecule has 2 aliphatic rings. The first-order valence-corrected chi connectivity index (χ1v) is 9.58. The zero-order chi connectivity index (χ0) is 18.2. The van der Waals surface area contributed by atoms with Gasteiger partial charge < -0.3 is 20.1 Å². The number of nitrogens with one attached hydrogen (secondary N) is 2. The second-order valence-electron chi connectivity index (χ2n) is 7.00. The van der Waals surface area contributed by atoms with E-state index in [2.05, 4.69) is 10.6 Å². The van der Waals surface area contributed by atoms with Gasteiger partial charge in [-0.1, -0.05) is 12.1 Å². The Bertz CT molecular complexity index is 608. The minimum absolute atomic E-state index is 0.0220. The molecule has 2 amide bonds. The highest BCUT2D eigenvalue weighted by molar-refractivity contribution is 5.94. The minimum Gasteiger partial charge on any atom is -0.378 e. The number of carbonyl (C=O) groups excluding carboxylic acids is 2. The van der Waals surface area contributed by atoms with Gasteiger partial charge in [-0.05, 0) is 49.8 Å². The first-order valence-electron chi connectivity index (χ1n) is 9.58. The highest BCUT2D eigenvalue weighted by atomic mass is 16.5. The van der Waals surface area contributed by atoms with Gasteiger partial charge in [-0.2, -0.15) is 0 Å². The van der Waals surface area contributed by atoms with E-state index in [1.165, 1.54) is 0 Å². The van der Waals surface area contributed by atoms with Crippen LogP contribution in [0.4, 0.5) is 0 Å². The molecule has 2 unspecified atom stereocenters. The average Bonchev–Trinajstić information content (AvgIpc) is 3.36. The van der Waals surface area contributed by atoms with Crippen LogP contribution < -0.4 is 10.6 Å². The second kappa shape index (κ2) is 9.69. The fourth-order valence-electron chi connectivity index (χ4n) is 3.39. The van der Waals surface area contributed by atoms with E-state index in [1.54, 1.807) is 6.07 Å². The summed E-state index contributed by atoms with van der Waals surface area (Å²) in [6.45, 7) is 2.57. The van der Waals surface area contributed by atoms with E-state index in [1.807, 2.05) is 18.2 Å². The normalized spacial score (nSPS) is 22.3. The van der Waals surface area contributed by atoms with Gasteiger partial charge >= 0.3 is 0 Å². The van der Waals surface area contributed by atoms with E-state index >= 15 is 0 Å². The smallest absolute Gasteiger partial charge is 0.251 e. The van der Waals surface area contributed by atoms with Gasteiger partial charge in [0.25, 0.3) is 5.91 Å². The summed E-state index contributed by atoms with van der Waals surface area (Å²) >= 11 is 0. The molecule has 1 aromatic rings. The number of ether oxygens (including phenoxy) is 2. The van der Waals surface area contributed by atoms with Gasteiger partial charge in [-0.25, -0.2) is 0 Å². The maximum Gasteiger partial charge on any atom is 0.251 e. The van der Waals surface area contributed by atoms with Gasteiger partial charge in [0.05, 0.1) is 12.2 Å². The average molecular weight is 360 g/mol. The van der Waals surface area contributed by atoms with Crippen molar-refractivity contribution in [3.05, 3.63) is 35.4 Å². The maximum absolute atomic E-state index is 12.3. The van der Waals surface area contributed by atoms with Crippen molar-refractivity contribution in [2.24, 2.45) is 0 Å². The number of rotatable bonds is 8. The van der Waals surface area contributed by atoms with Crippen molar-refractivity contribution in [3.8, 4) is 0 Å². The van der Waals surface area contributed by atoms with Crippen LogP contribution in [-0.4, -0.2) is 43.8 Å². The standard InChI is InChI=1S/C20H28N2O4/c23-19(9-8-17-6-2-10-25-17)21-13-15-4-1-5-16(12-15)20(24)22-14-18-7-3-11-26-18/h1,4-5,12,17-18H,2-3,6-11,13-14H2,(H,21,23)(H,22,24). The van der Waals surface area contributed by atoms with Crippen molar-refractivity contribution < 1.29 is 19.1 Å². The van der Waals surface area contributed by atoms with Crippen LogP contribution in [0.25, 0.3) is 0 Å². The Morgan fingerprint density at radius 2 is 1.81 bits per heavy atom. The summed E-state index contributed by atoms with van der Waals surface area (Å²) in [6.07, 6.45) is 5.82. The molecule has 2 heterocycles. The highest BCUT2D eigenvalue weighted by Crippen LogP contribution is 2.16. The van der Waals surface area contributed by atoms with E-state index < -0.39 is 0 Å². The number of carbonyl (C=O) groups is 2. The van der Waals surface area contributed by atoms with Crippen LogP contribution in [0.1, 0.15) is 54.4 Å². The summed E-state index contributed by atoms with van der Waals surface area (Å²) < 4.78 is 11.1. The molecule has 142 valence electrons. The summed E-state index contributed by atoms with van der Waals surface area (Å²) in [7, 11) is 0. The third kappa shape index (κ3) is 5.81. The van der Waals surface area contributed by atoms with Crippen LogP contribution in [0.3, 0.4) is 0 Å². The molecule has 1 aromatic carbocycles. The molecule has 0 spiro atoms. The molecule has 2 saturated heterocycles. The summed E-state index contributed by atoms with van der Waals surface area (Å²) in [5.41, 5.74) is 1.52. The lowest BCUT2D eigenvalue weighted by Crippen LogP contribution is -2.31. The first-order chi connectivity index (χ1) is 12.7. The van der Waals surface area contributed by atoms with Gasteiger partial charge in [0.15, 0.2) is 0 Å². The van der Waals surface area contributed by atoms with Gasteiger partial charge in [0.1, 0.15) is 0 Å². The summed E-state index contributed by atoms with van der Waals surface area (Å²) in [5, 5.41) is 5.84. The molecule has 3 rings (SSSR count). The van der Waals surface area contributed by atoms with Crippen LogP contribution in [0.2, 0.25) is 0 Å². The lowest BCUT2D eigenvalue weighted by atomic mass is 10.1. The predicted octanol–water partition coefficient (Wildman–Crippen LogP) is 2.17. The van der Waals surface area contributed by atoms with Crippen LogP contribution >= 0.6 is 0 Å². The predicted molar refractivity (Wildman–Crippen MR) is 97.8 cm³/mol. The molecule has 6 heteroatoms. The first kappa shape index (κ1) is 18.9. The Labute approximate surface area is 154 Å². The Kier molecular flexibility index (Phi) is 7.03. The molecular formula is C20H28N2O4. The monoisotopic (exact) mass is 360 g/mol. The van der Waals surface area contributed by atoms with Crippen molar-refractivity contribution in [3.63, 3.8) is 0 Å². The summed E-state index contributed by atoms with van der Waals surface area (Å²) in [4.78, 5) is 24.3. The van der Waals surface area contributed by atoms with E-state index in [-0.39, 0.29) is 24.0 Å². The van der Waals surface area contributed by atoms with Crippen molar-refractivity contribution in [1.82, 2.24) is 10.6 Å². The Hall–Kier alpha value is -1.92. The van der Waals surface area contributed by atoms with Gasteiger partial charge in [-0.15, -0.1) is 0 Å². The van der Waals surface area contributed by atoms with Crippen LogP contribution in [0, 0.1) is 0 Å². The molecule has 2 fully saturated rings. The summed E-state index contributed by atoms with van der Waals surface area (Å²) in [6, 6.07) is 7.37. The van der Waals surface area contributed by atoms with Crippen molar-refractivity contribution >= 4 is 11.8 Å².